The van der Waals surface area contributed by atoms with Crippen LogP contribution in [0.25, 0.3) is 28.1 Å². The minimum absolute atomic E-state index is 0.0726. The van der Waals surface area contributed by atoms with Crippen molar-refractivity contribution in [3.63, 3.8) is 0 Å². The van der Waals surface area contributed by atoms with Crippen molar-refractivity contribution < 1.29 is 0 Å². The molecule has 3 aromatic heterocycles. The van der Waals surface area contributed by atoms with Crippen molar-refractivity contribution in [3.8, 4) is 28.1 Å². The smallest absolute Gasteiger partial charge is 0.263 e. The molecule has 0 atom stereocenters. The molecule has 4 aromatic rings. The van der Waals surface area contributed by atoms with Crippen molar-refractivity contribution >= 4 is 5.82 Å². The van der Waals surface area contributed by atoms with Gasteiger partial charge in [-0.1, -0.05) is 24.3 Å². The van der Waals surface area contributed by atoms with Crippen LogP contribution in [0.1, 0.15) is 12.8 Å². The SMILES string of the molecule is O=c1c(-c2ccc(N3CCCC3)nc2)cc(-c2ccccn2)cn1-c1ccccc1. The van der Waals surface area contributed by atoms with Crippen LogP contribution in [0.15, 0.2) is 90.1 Å². The maximum atomic E-state index is 13.4. The molecule has 1 aliphatic rings. The average Bonchev–Trinajstić information content (AvgIpc) is 3.36. The van der Waals surface area contributed by atoms with Gasteiger partial charge in [0, 0.05) is 54.1 Å². The van der Waals surface area contributed by atoms with Gasteiger partial charge in [0.1, 0.15) is 5.82 Å². The maximum Gasteiger partial charge on any atom is 0.263 e. The standard InChI is InChI=1S/C25H22N4O/c30-25-22(19-11-12-24(27-17-19)28-14-6-7-15-28)16-20(23-10-4-5-13-26-23)18-29(25)21-8-2-1-3-9-21/h1-5,8-13,16-18H,6-7,14-15H2. The van der Waals surface area contributed by atoms with Gasteiger partial charge >= 0.3 is 0 Å². The van der Waals surface area contributed by atoms with Gasteiger partial charge in [-0.2, -0.15) is 0 Å². The Morgan fingerprint density at radius 2 is 1.60 bits per heavy atom. The summed E-state index contributed by atoms with van der Waals surface area (Å²) in [4.78, 5) is 24.8. The summed E-state index contributed by atoms with van der Waals surface area (Å²) in [6.45, 7) is 2.09. The number of anilines is 1. The van der Waals surface area contributed by atoms with Crippen LogP contribution in [-0.4, -0.2) is 27.6 Å². The summed E-state index contributed by atoms with van der Waals surface area (Å²) in [7, 11) is 0. The first kappa shape index (κ1) is 18.3. The van der Waals surface area contributed by atoms with Crippen LogP contribution < -0.4 is 10.5 Å². The van der Waals surface area contributed by atoms with Crippen molar-refractivity contribution in [2.75, 3.05) is 18.0 Å². The molecule has 5 nitrogen and oxygen atoms in total. The van der Waals surface area contributed by atoms with E-state index in [9.17, 15) is 4.79 Å². The number of aromatic nitrogens is 3. The molecule has 1 aromatic carbocycles. The Balaban J connectivity index is 1.64. The highest BCUT2D eigenvalue weighted by molar-refractivity contribution is 5.71. The first-order chi connectivity index (χ1) is 14.8. The molecule has 1 fully saturated rings. The quantitative estimate of drug-likeness (QED) is 0.509. The van der Waals surface area contributed by atoms with Crippen LogP contribution in [0.5, 0.6) is 0 Å². The molecule has 1 saturated heterocycles. The minimum Gasteiger partial charge on any atom is -0.357 e. The van der Waals surface area contributed by atoms with E-state index >= 15 is 0 Å². The van der Waals surface area contributed by atoms with Crippen LogP contribution in [0.3, 0.4) is 0 Å². The lowest BCUT2D eigenvalue weighted by Crippen LogP contribution is -2.21. The van der Waals surface area contributed by atoms with Gasteiger partial charge in [-0.15, -0.1) is 0 Å². The number of hydrogen-bond donors (Lipinski definition) is 0. The molecule has 0 N–H and O–H groups in total. The van der Waals surface area contributed by atoms with Crippen LogP contribution in [0.2, 0.25) is 0 Å². The monoisotopic (exact) mass is 394 g/mol. The lowest BCUT2D eigenvalue weighted by Gasteiger charge is -2.16. The third-order valence-electron chi connectivity index (χ3n) is 5.50. The fourth-order valence-corrected chi connectivity index (χ4v) is 3.92. The molecule has 0 amide bonds. The van der Waals surface area contributed by atoms with E-state index in [2.05, 4.69) is 14.9 Å². The van der Waals surface area contributed by atoms with Crippen molar-refractivity contribution in [2.24, 2.45) is 0 Å². The number of nitrogens with zero attached hydrogens (tertiary/aromatic N) is 4. The minimum atomic E-state index is -0.0726. The fourth-order valence-electron chi connectivity index (χ4n) is 3.92. The van der Waals surface area contributed by atoms with Gasteiger partial charge in [0.2, 0.25) is 0 Å². The molecular formula is C25H22N4O. The third-order valence-corrected chi connectivity index (χ3v) is 5.50. The molecule has 0 radical (unpaired) electrons. The topological polar surface area (TPSA) is 51.0 Å². The van der Waals surface area contributed by atoms with E-state index in [1.807, 2.05) is 79.1 Å². The van der Waals surface area contributed by atoms with E-state index in [1.54, 1.807) is 10.8 Å². The summed E-state index contributed by atoms with van der Waals surface area (Å²) in [5, 5.41) is 0. The van der Waals surface area contributed by atoms with Gasteiger partial charge in [-0.05, 0) is 55.3 Å². The molecule has 0 saturated carbocycles. The highest BCUT2D eigenvalue weighted by atomic mass is 16.1. The largest absolute Gasteiger partial charge is 0.357 e. The van der Waals surface area contributed by atoms with Crippen LogP contribution in [-0.2, 0) is 0 Å². The molecule has 4 heterocycles. The Morgan fingerprint density at radius 3 is 2.30 bits per heavy atom. The van der Waals surface area contributed by atoms with Gasteiger partial charge in [0.15, 0.2) is 0 Å². The molecule has 0 unspecified atom stereocenters. The van der Waals surface area contributed by atoms with E-state index in [0.717, 1.165) is 41.4 Å². The fraction of sp³-hybridized carbons (Fsp3) is 0.160. The van der Waals surface area contributed by atoms with Gasteiger partial charge in [0.05, 0.1) is 5.69 Å². The summed E-state index contributed by atoms with van der Waals surface area (Å²) < 4.78 is 1.69. The Bertz CT molecular complexity index is 1200. The molecule has 0 bridgehead atoms. The summed E-state index contributed by atoms with van der Waals surface area (Å²) in [5.74, 6) is 0.973. The highest BCUT2D eigenvalue weighted by Crippen LogP contribution is 2.25. The number of hydrogen-bond acceptors (Lipinski definition) is 4. The molecule has 0 aliphatic carbocycles. The lowest BCUT2D eigenvalue weighted by molar-refractivity contribution is 0.937. The summed E-state index contributed by atoms with van der Waals surface area (Å²) in [6, 6.07) is 21.4. The predicted molar refractivity (Wildman–Crippen MR) is 120 cm³/mol. The normalized spacial score (nSPS) is 13.5. The van der Waals surface area contributed by atoms with Crippen molar-refractivity contribution in [1.29, 1.82) is 0 Å². The van der Waals surface area contributed by atoms with Gasteiger partial charge in [-0.3, -0.25) is 14.3 Å². The second-order valence-corrected chi connectivity index (χ2v) is 7.47. The molecule has 1 aliphatic heterocycles. The Labute approximate surface area is 175 Å². The van der Waals surface area contributed by atoms with Crippen molar-refractivity contribution in [3.05, 3.63) is 95.7 Å². The van der Waals surface area contributed by atoms with E-state index in [0.29, 0.717) is 5.56 Å². The zero-order chi connectivity index (χ0) is 20.3. The Morgan fingerprint density at radius 1 is 0.800 bits per heavy atom. The number of para-hydroxylation sites is 1. The number of pyridine rings is 3. The zero-order valence-corrected chi connectivity index (χ0v) is 16.6. The van der Waals surface area contributed by atoms with Crippen LogP contribution in [0.4, 0.5) is 5.82 Å². The third kappa shape index (κ3) is 3.50. The van der Waals surface area contributed by atoms with Crippen LogP contribution in [0, 0.1) is 0 Å². The highest BCUT2D eigenvalue weighted by Gasteiger charge is 2.15. The van der Waals surface area contributed by atoms with Crippen molar-refractivity contribution in [1.82, 2.24) is 14.5 Å². The first-order valence-electron chi connectivity index (χ1n) is 10.2. The average molecular weight is 394 g/mol. The van der Waals surface area contributed by atoms with E-state index < -0.39 is 0 Å². The Kier molecular flexibility index (Phi) is 4.85. The van der Waals surface area contributed by atoms with E-state index in [-0.39, 0.29) is 5.56 Å². The van der Waals surface area contributed by atoms with Gasteiger partial charge in [0.25, 0.3) is 5.56 Å². The predicted octanol–water partition coefficient (Wildman–Crippen LogP) is 4.56. The zero-order valence-electron chi connectivity index (χ0n) is 16.6. The summed E-state index contributed by atoms with van der Waals surface area (Å²) in [5.41, 5.74) is 3.88. The molecule has 30 heavy (non-hydrogen) atoms. The Hall–Kier alpha value is -3.73. The van der Waals surface area contributed by atoms with E-state index in [1.165, 1.54) is 12.8 Å². The molecule has 148 valence electrons. The van der Waals surface area contributed by atoms with Gasteiger partial charge < -0.3 is 4.90 Å². The number of rotatable bonds is 4. The summed E-state index contributed by atoms with van der Waals surface area (Å²) in [6.07, 6.45) is 7.84. The number of benzene rings is 1. The second kappa shape index (κ2) is 7.95. The molecule has 0 spiro atoms. The van der Waals surface area contributed by atoms with E-state index in [4.69, 9.17) is 0 Å². The molecular weight excluding hydrogens is 372 g/mol. The molecule has 5 heteroatoms. The molecule has 5 rings (SSSR count). The lowest BCUT2D eigenvalue weighted by atomic mass is 10.0. The second-order valence-electron chi connectivity index (χ2n) is 7.47. The van der Waals surface area contributed by atoms with Gasteiger partial charge in [-0.25, -0.2) is 4.98 Å². The maximum absolute atomic E-state index is 13.4. The van der Waals surface area contributed by atoms with Crippen LogP contribution >= 0.6 is 0 Å². The summed E-state index contributed by atoms with van der Waals surface area (Å²) >= 11 is 0. The van der Waals surface area contributed by atoms with Crippen molar-refractivity contribution in [2.45, 2.75) is 12.8 Å². The first-order valence-corrected chi connectivity index (χ1v) is 10.2.